The summed E-state index contributed by atoms with van der Waals surface area (Å²) < 4.78 is 39.3. The van der Waals surface area contributed by atoms with Gasteiger partial charge >= 0.3 is 6.18 Å². The first kappa shape index (κ1) is 21.1. The molecule has 3 nitrogen and oxygen atoms in total. The van der Waals surface area contributed by atoms with E-state index in [1.54, 1.807) is 24.3 Å². The molecule has 2 aromatic rings. The Morgan fingerprint density at radius 1 is 1.18 bits per heavy atom. The van der Waals surface area contributed by atoms with E-state index < -0.39 is 11.7 Å². The summed E-state index contributed by atoms with van der Waals surface area (Å²) in [6.45, 7) is 1.87. The van der Waals surface area contributed by atoms with Gasteiger partial charge in [0.1, 0.15) is 0 Å². The lowest BCUT2D eigenvalue weighted by atomic mass is 10.0. The molecule has 0 radical (unpaired) electrons. The van der Waals surface area contributed by atoms with Crippen LogP contribution in [-0.4, -0.2) is 29.9 Å². The van der Waals surface area contributed by atoms with Crippen molar-refractivity contribution in [2.45, 2.75) is 31.6 Å². The maximum Gasteiger partial charge on any atom is 0.416 e. The zero-order valence-corrected chi connectivity index (χ0v) is 17.2. The molecule has 0 bridgehead atoms. The molecule has 0 aliphatic carbocycles. The standard InChI is InChI=1S/C20H19BrClF3N2O/c21-15-4-5-17(18(22)11-15)19(28)26-16-6-8-27(9-7-16)12-13-2-1-3-14(10-13)20(23,24)25/h1-5,10-11,16H,6-9,12H2,(H,26,28). The first-order chi connectivity index (χ1) is 13.2. The van der Waals surface area contributed by atoms with E-state index in [-0.39, 0.29) is 11.9 Å². The lowest BCUT2D eigenvalue weighted by molar-refractivity contribution is -0.137. The highest BCUT2D eigenvalue weighted by Gasteiger charge is 2.30. The number of alkyl halides is 3. The van der Waals surface area contributed by atoms with Gasteiger partial charge in [0.15, 0.2) is 0 Å². The lowest BCUT2D eigenvalue weighted by Crippen LogP contribution is -2.44. The third kappa shape index (κ3) is 5.49. The number of nitrogens with zero attached hydrogens (tertiary/aromatic N) is 1. The number of halogens is 5. The van der Waals surface area contributed by atoms with Crippen LogP contribution in [0.3, 0.4) is 0 Å². The minimum absolute atomic E-state index is 0.0185. The Balaban J connectivity index is 1.53. The number of hydrogen-bond donors (Lipinski definition) is 1. The molecule has 1 aliphatic rings. The molecule has 8 heteroatoms. The van der Waals surface area contributed by atoms with Crippen molar-refractivity contribution in [3.63, 3.8) is 0 Å². The monoisotopic (exact) mass is 474 g/mol. The molecule has 0 atom stereocenters. The fourth-order valence-corrected chi connectivity index (χ4v) is 4.04. The van der Waals surface area contributed by atoms with Crippen LogP contribution in [0.25, 0.3) is 0 Å². The lowest BCUT2D eigenvalue weighted by Gasteiger charge is -2.32. The van der Waals surface area contributed by atoms with Gasteiger partial charge in [-0.05, 0) is 42.7 Å². The average molecular weight is 476 g/mol. The van der Waals surface area contributed by atoms with Crippen LogP contribution < -0.4 is 5.32 Å². The Hall–Kier alpha value is -1.57. The number of piperidine rings is 1. The van der Waals surface area contributed by atoms with E-state index in [2.05, 4.69) is 26.1 Å². The minimum atomic E-state index is -4.33. The minimum Gasteiger partial charge on any atom is -0.349 e. The first-order valence-electron chi connectivity index (χ1n) is 8.87. The molecule has 0 aromatic heterocycles. The van der Waals surface area contributed by atoms with Crippen LogP contribution in [0, 0.1) is 0 Å². The fraction of sp³-hybridized carbons (Fsp3) is 0.350. The van der Waals surface area contributed by atoms with Crippen molar-refractivity contribution in [2.24, 2.45) is 0 Å². The second-order valence-corrected chi connectivity index (χ2v) is 8.17. The van der Waals surface area contributed by atoms with Crippen molar-refractivity contribution in [3.8, 4) is 0 Å². The Morgan fingerprint density at radius 3 is 2.54 bits per heavy atom. The largest absolute Gasteiger partial charge is 0.416 e. The van der Waals surface area contributed by atoms with Crippen molar-refractivity contribution in [3.05, 3.63) is 68.7 Å². The van der Waals surface area contributed by atoms with Gasteiger partial charge in [0, 0.05) is 30.1 Å². The van der Waals surface area contributed by atoms with E-state index in [1.807, 2.05) is 0 Å². The zero-order chi connectivity index (χ0) is 20.3. The number of hydrogen-bond acceptors (Lipinski definition) is 2. The van der Waals surface area contributed by atoms with E-state index >= 15 is 0 Å². The van der Waals surface area contributed by atoms with Crippen LogP contribution in [-0.2, 0) is 12.7 Å². The van der Waals surface area contributed by atoms with Crippen LogP contribution in [0.1, 0.15) is 34.3 Å². The molecule has 28 heavy (non-hydrogen) atoms. The maximum atomic E-state index is 12.8. The highest BCUT2D eigenvalue weighted by molar-refractivity contribution is 9.10. The summed E-state index contributed by atoms with van der Waals surface area (Å²) in [6.07, 6.45) is -2.86. The van der Waals surface area contributed by atoms with E-state index in [0.717, 1.165) is 23.4 Å². The van der Waals surface area contributed by atoms with E-state index in [0.29, 0.717) is 35.8 Å². The molecule has 1 N–H and O–H groups in total. The van der Waals surface area contributed by atoms with Crippen LogP contribution in [0.2, 0.25) is 5.02 Å². The van der Waals surface area contributed by atoms with Crippen molar-refractivity contribution in [1.29, 1.82) is 0 Å². The van der Waals surface area contributed by atoms with Gasteiger partial charge in [0.05, 0.1) is 16.1 Å². The molecule has 1 aliphatic heterocycles. The fourth-order valence-electron chi connectivity index (χ4n) is 3.28. The zero-order valence-electron chi connectivity index (χ0n) is 14.9. The number of amides is 1. The molecule has 2 aromatic carbocycles. The Morgan fingerprint density at radius 2 is 1.89 bits per heavy atom. The third-order valence-corrected chi connectivity index (χ3v) is 5.57. The predicted molar refractivity (Wildman–Crippen MR) is 106 cm³/mol. The SMILES string of the molecule is O=C(NC1CCN(Cc2cccc(C(F)(F)F)c2)CC1)c1ccc(Br)cc1Cl. The summed E-state index contributed by atoms with van der Waals surface area (Å²) in [5.41, 5.74) is 0.439. The summed E-state index contributed by atoms with van der Waals surface area (Å²) in [7, 11) is 0. The third-order valence-electron chi connectivity index (χ3n) is 4.76. The summed E-state index contributed by atoms with van der Waals surface area (Å²) in [6, 6.07) is 10.6. The van der Waals surface area contributed by atoms with Gasteiger partial charge in [-0.2, -0.15) is 13.2 Å². The van der Waals surface area contributed by atoms with Gasteiger partial charge in [-0.1, -0.05) is 45.7 Å². The summed E-state index contributed by atoms with van der Waals surface area (Å²) in [4.78, 5) is 14.5. The van der Waals surface area contributed by atoms with Crippen LogP contribution in [0.5, 0.6) is 0 Å². The van der Waals surface area contributed by atoms with Crippen LogP contribution in [0.15, 0.2) is 46.9 Å². The van der Waals surface area contributed by atoms with Gasteiger partial charge in [-0.15, -0.1) is 0 Å². The highest BCUT2D eigenvalue weighted by Crippen LogP contribution is 2.30. The molecule has 1 saturated heterocycles. The number of benzene rings is 2. The molecule has 3 rings (SSSR count). The van der Waals surface area contributed by atoms with Gasteiger partial charge in [-0.25, -0.2) is 0 Å². The second-order valence-electron chi connectivity index (χ2n) is 6.85. The van der Waals surface area contributed by atoms with Crippen molar-refractivity contribution in [1.82, 2.24) is 10.2 Å². The Bertz CT molecular complexity index is 852. The first-order valence-corrected chi connectivity index (χ1v) is 10.0. The normalized spacial score (nSPS) is 16.2. The molecular weight excluding hydrogens is 457 g/mol. The molecule has 0 spiro atoms. The molecule has 0 saturated carbocycles. The van der Waals surface area contributed by atoms with Gasteiger partial charge < -0.3 is 5.32 Å². The quantitative estimate of drug-likeness (QED) is 0.632. The topological polar surface area (TPSA) is 32.3 Å². The number of likely N-dealkylation sites (tertiary alicyclic amines) is 1. The van der Waals surface area contributed by atoms with Crippen LogP contribution >= 0.6 is 27.5 Å². The molecule has 150 valence electrons. The predicted octanol–water partition coefficient (Wildman–Crippen LogP) is 5.52. The Labute approximate surface area is 175 Å². The number of carbonyl (C=O) groups excluding carboxylic acids is 1. The Kier molecular flexibility index (Phi) is 6.68. The van der Waals surface area contributed by atoms with E-state index in [9.17, 15) is 18.0 Å². The molecule has 1 heterocycles. The van der Waals surface area contributed by atoms with Gasteiger partial charge in [0.2, 0.25) is 0 Å². The molecular formula is C20H19BrClF3N2O. The van der Waals surface area contributed by atoms with Crippen molar-refractivity contribution >= 4 is 33.4 Å². The summed E-state index contributed by atoms with van der Waals surface area (Å²) in [5, 5.41) is 3.38. The summed E-state index contributed by atoms with van der Waals surface area (Å²) in [5.74, 6) is -0.214. The van der Waals surface area contributed by atoms with Gasteiger partial charge in [0.25, 0.3) is 5.91 Å². The molecule has 1 fully saturated rings. The second kappa shape index (κ2) is 8.84. The highest BCUT2D eigenvalue weighted by atomic mass is 79.9. The van der Waals surface area contributed by atoms with Crippen LogP contribution in [0.4, 0.5) is 13.2 Å². The summed E-state index contributed by atoms with van der Waals surface area (Å²) >= 11 is 9.43. The van der Waals surface area contributed by atoms with Crippen molar-refractivity contribution < 1.29 is 18.0 Å². The molecule has 1 amide bonds. The number of nitrogens with one attached hydrogen (secondary N) is 1. The smallest absolute Gasteiger partial charge is 0.349 e. The van der Waals surface area contributed by atoms with E-state index in [1.165, 1.54) is 12.1 Å². The van der Waals surface area contributed by atoms with E-state index in [4.69, 9.17) is 11.6 Å². The van der Waals surface area contributed by atoms with Crippen molar-refractivity contribution in [2.75, 3.05) is 13.1 Å². The number of carbonyl (C=O) groups is 1. The van der Waals surface area contributed by atoms with Gasteiger partial charge in [-0.3, -0.25) is 9.69 Å². The number of rotatable bonds is 4. The average Bonchev–Trinajstić information content (AvgIpc) is 2.63. The molecule has 0 unspecified atom stereocenters. The maximum absolute atomic E-state index is 12.8.